The Morgan fingerprint density at radius 2 is 2.31 bits per heavy atom. The lowest BCUT2D eigenvalue weighted by molar-refractivity contribution is 0.247. The van der Waals surface area contributed by atoms with Crippen LogP contribution in [0.4, 0.5) is 0 Å². The Hall–Kier alpha value is -0.320. The van der Waals surface area contributed by atoms with Gasteiger partial charge in [0.15, 0.2) is 0 Å². The second-order valence-corrected chi connectivity index (χ2v) is 4.90. The molecule has 0 aliphatic rings. The number of rotatable bonds is 7. The van der Waals surface area contributed by atoms with Crippen LogP contribution in [0.2, 0.25) is 0 Å². The molecule has 0 saturated heterocycles. The molecular formula is C12H20BrNO2. The highest BCUT2D eigenvalue weighted by atomic mass is 79.9. The molecule has 0 fully saturated rings. The van der Waals surface area contributed by atoms with Crippen LogP contribution in [0.3, 0.4) is 0 Å². The Labute approximate surface area is 105 Å². The average molecular weight is 290 g/mol. The van der Waals surface area contributed by atoms with E-state index >= 15 is 0 Å². The fraction of sp³-hybridized carbons (Fsp3) is 0.667. The first-order valence-corrected chi connectivity index (χ1v) is 6.55. The molecule has 0 radical (unpaired) electrons. The lowest BCUT2D eigenvalue weighted by Crippen LogP contribution is -2.26. The van der Waals surface area contributed by atoms with Crippen molar-refractivity contribution in [2.24, 2.45) is 5.92 Å². The molecule has 1 rings (SSSR count). The van der Waals surface area contributed by atoms with Crippen molar-refractivity contribution >= 4 is 15.9 Å². The van der Waals surface area contributed by atoms with Gasteiger partial charge >= 0.3 is 0 Å². The second kappa shape index (κ2) is 7.09. The zero-order valence-corrected chi connectivity index (χ0v) is 11.5. The van der Waals surface area contributed by atoms with Gasteiger partial charge in [0, 0.05) is 6.61 Å². The molecule has 0 aromatic carbocycles. The minimum Gasteiger partial charge on any atom is -0.466 e. The van der Waals surface area contributed by atoms with Crippen LogP contribution in [-0.2, 0) is 0 Å². The lowest BCUT2D eigenvalue weighted by atomic mass is 10.0. The van der Waals surface area contributed by atoms with Crippen LogP contribution < -0.4 is 5.32 Å². The van der Waals surface area contributed by atoms with Crippen molar-refractivity contribution in [2.75, 3.05) is 13.2 Å². The number of halogens is 1. The molecule has 0 bridgehead atoms. The monoisotopic (exact) mass is 289 g/mol. The minimum absolute atomic E-state index is 0.192. The van der Waals surface area contributed by atoms with Crippen molar-refractivity contribution in [3.63, 3.8) is 0 Å². The normalized spacial score (nSPS) is 15.0. The summed E-state index contributed by atoms with van der Waals surface area (Å²) in [5.41, 5.74) is 0. The third-order valence-electron chi connectivity index (χ3n) is 2.87. The molecule has 16 heavy (non-hydrogen) atoms. The van der Waals surface area contributed by atoms with E-state index in [0.717, 1.165) is 29.6 Å². The van der Waals surface area contributed by atoms with Gasteiger partial charge in [-0.2, -0.15) is 0 Å². The number of hydrogen-bond donors (Lipinski definition) is 2. The molecule has 1 heterocycles. The first-order valence-electron chi connectivity index (χ1n) is 5.76. The largest absolute Gasteiger partial charge is 0.466 e. The molecule has 2 atom stereocenters. The van der Waals surface area contributed by atoms with Crippen molar-refractivity contribution in [1.82, 2.24) is 5.32 Å². The van der Waals surface area contributed by atoms with Gasteiger partial charge in [0.05, 0.1) is 16.8 Å². The van der Waals surface area contributed by atoms with E-state index in [9.17, 15) is 0 Å². The minimum atomic E-state index is 0.192. The molecular weight excluding hydrogens is 270 g/mol. The second-order valence-electron chi connectivity index (χ2n) is 4.05. The van der Waals surface area contributed by atoms with Crippen LogP contribution in [0.1, 0.15) is 38.5 Å². The molecule has 0 aliphatic heterocycles. The maximum atomic E-state index is 8.91. The summed E-state index contributed by atoms with van der Waals surface area (Å²) >= 11 is 3.45. The first-order chi connectivity index (χ1) is 7.69. The van der Waals surface area contributed by atoms with Gasteiger partial charge in [-0.15, -0.1) is 0 Å². The summed E-state index contributed by atoms with van der Waals surface area (Å²) in [6.45, 7) is 5.40. The van der Waals surface area contributed by atoms with Gasteiger partial charge in [-0.25, -0.2) is 0 Å². The topological polar surface area (TPSA) is 45.4 Å². The summed E-state index contributed by atoms with van der Waals surface area (Å²) in [5.74, 6) is 1.46. The Kier molecular flexibility index (Phi) is 6.09. The molecule has 2 N–H and O–H groups in total. The Balaban J connectivity index is 2.40. The summed E-state index contributed by atoms with van der Waals surface area (Å²) in [4.78, 5) is 0. The number of aliphatic hydroxyl groups excluding tert-OH is 1. The Bertz CT molecular complexity index is 301. The van der Waals surface area contributed by atoms with E-state index in [4.69, 9.17) is 9.52 Å². The van der Waals surface area contributed by atoms with E-state index in [1.807, 2.05) is 6.07 Å². The molecule has 0 saturated carbocycles. The van der Waals surface area contributed by atoms with Crippen molar-refractivity contribution in [3.05, 3.63) is 22.6 Å². The van der Waals surface area contributed by atoms with Crippen molar-refractivity contribution in [2.45, 2.75) is 32.7 Å². The highest BCUT2D eigenvalue weighted by Crippen LogP contribution is 2.24. The van der Waals surface area contributed by atoms with E-state index in [2.05, 4.69) is 35.1 Å². The fourth-order valence-corrected chi connectivity index (χ4v) is 2.23. The molecule has 4 heteroatoms. The van der Waals surface area contributed by atoms with Gasteiger partial charge in [0.25, 0.3) is 0 Å². The van der Waals surface area contributed by atoms with Crippen LogP contribution in [0.15, 0.2) is 21.2 Å². The summed E-state index contributed by atoms with van der Waals surface area (Å²) in [7, 11) is 0. The van der Waals surface area contributed by atoms with Gasteiger partial charge in [-0.3, -0.25) is 0 Å². The quantitative estimate of drug-likeness (QED) is 0.811. The first kappa shape index (κ1) is 13.7. The van der Waals surface area contributed by atoms with Gasteiger partial charge < -0.3 is 14.8 Å². The third-order valence-corrected chi connectivity index (χ3v) is 3.52. The number of hydrogen-bond acceptors (Lipinski definition) is 3. The highest BCUT2D eigenvalue weighted by Gasteiger charge is 2.14. The molecule has 1 aromatic rings. The average Bonchev–Trinajstić information content (AvgIpc) is 2.70. The molecule has 1 aromatic heterocycles. The zero-order chi connectivity index (χ0) is 12.0. The van der Waals surface area contributed by atoms with Gasteiger partial charge in [0.1, 0.15) is 5.76 Å². The van der Waals surface area contributed by atoms with Crippen molar-refractivity contribution in [1.29, 1.82) is 0 Å². The summed E-state index contributed by atoms with van der Waals surface area (Å²) in [6.07, 6.45) is 3.62. The number of aliphatic hydroxyl groups is 1. The Morgan fingerprint density at radius 1 is 1.56 bits per heavy atom. The molecule has 2 unspecified atom stereocenters. The van der Waals surface area contributed by atoms with E-state index in [-0.39, 0.29) is 12.6 Å². The maximum absolute atomic E-state index is 8.91. The van der Waals surface area contributed by atoms with Crippen LogP contribution in [0.5, 0.6) is 0 Å². The van der Waals surface area contributed by atoms with Crippen molar-refractivity contribution < 1.29 is 9.52 Å². The van der Waals surface area contributed by atoms with Gasteiger partial charge in [-0.1, -0.05) is 13.3 Å². The molecule has 92 valence electrons. The number of furan rings is 1. The Morgan fingerprint density at radius 3 is 2.81 bits per heavy atom. The van der Waals surface area contributed by atoms with E-state index in [0.29, 0.717) is 5.92 Å². The predicted molar refractivity (Wildman–Crippen MR) is 68.3 cm³/mol. The van der Waals surface area contributed by atoms with Crippen LogP contribution >= 0.6 is 15.9 Å². The van der Waals surface area contributed by atoms with E-state index in [1.54, 1.807) is 6.26 Å². The van der Waals surface area contributed by atoms with Crippen molar-refractivity contribution in [3.8, 4) is 0 Å². The maximum Gasteiger partial charge on any atom is 0.134 e. The molecule has 3 nitrogen and oxygen atoms in total. The third kappa shape index (κ3) is 3.92. The zero-order valence-electron chi connectivity index (χ0n) is 9.87. The standard InChI is InChI=1S/C12H20BrNO2/c1-3-10(4-6-15)8-14-9(2)12-11(13)5-7-16-12/h5,7,9-10,14-15H,3-4,6,8H2,1-2H3. The smallest absolute Gasteiger partial charge is 0.134 e. The molecule has 0 spiro atoms. The van der Waals surface area contributed by atoms with E-state index in [1.165, 1.54) is 0 Å². The molecule has 0 amide bonds. The molecule has 0 aliphatic carbocycles. The van der Waals surface area contributed by atoms with E-state index < -0.39 is 0 Å². The summed E-state index contributed by atoms with van der Waals surface area (Å²) in [5, 5.41) is 12.3. The van der Waals surface area contributed by atoms with Crippen LogP contribution in [-0.4, -0.2) is 18.3 Å². The fourth-order valence-electron chi connectivity index (χ4n) is 1.68. The number of nitrogens with one attached hydrogen (secondary N) is 1. The van der Waals surface area contributed by atoms with Gasteiger partial charge in [0.2, 0.25) is 0 Å². The SMILES string of the molecule is CCC(CCO)CNC(C)c1occc1Br. The van der Waals surface area contributed by atoms with Gasteiger partial charge in [-0.05, 0) is 47.8 Å². The highest BCUT2D eigenvalue weighted by molar-refractivity contribution is 9.10. The summed E-state index contributed by atoms with van der Waals surface area (Å²) < 4.78 is 6.40. The predicted octanol–water partition coefficient (Wildman–Crippen LogP) is 3.10. The lowest BCUT2D eigenvalue weighted by Gasteiger charge is -2.18. The van der Waals surface area contributed by atoms with Crippen LogP contribution in [0.25, 0.3) is 0 Å². The summed E-state index contributed by atoms with van der Waals surface area (Å²) in [6, 6.07) is 2.09. The van der Waals surface area contributed by atoms with Crippen LogP contribution in [0, 0.1) is 5.92 Å².